The van der Waals surface area contributed by atoms with Crippen molar-refractivity contribution in [3.05, 3.63) is 51.2 Å². The Labute approximate surface area is 190 Å². The number of sulfonamides is 1. The molecule has 0 radical (unpaired) electrons. The molecule has 0 saturated heterocycles. The molecule has 164 valence electrons. The number of carbonyl (C=O) groups excluding carboxylic acids is 1. The van der Waals surface area contributed by atoms with Crippen LogP contribution in [0.25, 0.3) is 0 Å². The minimum absolute atomic E-state index is 0.155. The topological polar surface area (TPSA) is 157 Å². The number of thiazole rings is 1. The third-order valence-corrected chi connectivity index (χ3v) is 7.27. The lowest BCUT2D eigenvalue weighted by Gasteiger charge is -2.14. The fourth-order valence-corrected chi connectivity index (χ4v) is 5.10. The molecule has 0 bridgehead atoms. The van der Waals surface area contributed by atoms with E-state index >= 15 is 0 Å². The summed E-state index contributed by atoms with van der Waals surface area (Å²) in [6.45, 7) is -0.498. The minimum atomic E-state index is -4.17. The molecule has 1 atom stereocenters. The van der Waals surface area contributed by atoms with Gasteiger partial charge in [-0.3, -0.25) is 9.59 Å². The quantitative estimate of drug-likeness (QED) is 0.416. The molecule has 2 N–H and O–H groups in total. The van der Waals surface area contributed by atoms with Crippen molar-refractivity contribution in [2.24, 2.45) is 0 Å². The summed E-state index contributed by atoms with van der Waals surface area (Å²) in [6.07, 6.45) is 0.668. The largest absolute Gasteiger partial charge is 0.481 e. The summed E-state index contributed by atoms with van der Waals surface area (Å²) >= 11 is 13.1. The summed E-state index contributed by atoms with van der Waals surface area (Å²) in [6, 6.07) is 3.45. The van der Waals surface area contributed by atoms with Crippen LogP contribution in [-0.2, 0) is 32.6 Å². The first kappa shape index (κ1) is 23.2. The van der Waals surface area contributed by atoms with Crippen molar-refractivity contribution in [1.82, 2.24) is 29.9 Å². The molecule has 0 aliphatic heterocycles. The van der Waals surface area contributed by atoms with Gasteiger partial charge in [0.1, 0.15) is 6.54 Å². The molecule has 0 fully saturated rings. The van der Waals surface area contributed by atoms with Gasteiger partial charge in [-0.15, -0.1) is 21.5 Å². The van der Waals surface area contributed by atoms with Gasteiger partial charge in [0.25, 0.3) is 10.0 Å². The molecule has 2 aromatic heterocycles. The number of halogens is 2. The number of ketones is 1. The number of carboxylic acids is 1. The summed E-state index contributed by atoms with van der Waals surface area (Å²) in [5, 5.41) is 23.0. The predicted octanol–water partition coefficient (Wildman–Crippen LogP) is 1.42. The molecule has 0 aliphatic carbocycles. The summed E-state index contributed by atoms with van der Waals surface area (Å²) in [7, 11) is -4.17. The number of Topliss-reactive ketones (excluding diaryl/α,β-unsaturated/α-hetero) is 1. The summed E-state index contributed by atoms with van der Waals surface area (Å²) in [5.41, 5.74) is 0.580. The van der Waals surface area contributed by atoms with E-state index in [1.54, 1.807) is 18.2 Å². The maximum Gasteiger partial charge on any atom is 0.305 e. The van der Waals surface area contributed by atoms with Crippen LogP contribution in [0, 0.1) is 0 Å². The number of benzene rings is 1. The van der Waals surface area contributed by atoms with Crippen molar-refractivity contribution in [2.75, 3.05) is 0 Å². The number of hydrogen-bond donors (Lipinski definition) is 2. The number of carbonyl (C=O) groups is 2. The smallest absolute Gasteiger partial charge is 0.305 e. The lowest BCUT2D eigenvalue weighted by molar-refractivity contribution is -0.139. The maximum absolute atomic E-state index is 12.6. The van der Waals surface area contributed by atoms with Crippen LogP contribution < -0.4 is 4.72 Å². The highest BCUT2D eigenvalue weighted by atomic mass is 35.5. The van der Waals surface area contributed by atoms with Gasteiger partial charge < -0.3 is 5.11 Å². The zero-order chi connectivity index (χ0) is 22.6. The van der Waals surface area contributed by atoms with Crippen LogP contribution in [0.2, 0.25) is 10.0 Å². The Morgan fingerprint density at radius 3 is 2.58 bits per heavy atom. The van der Waals surface area contributed by atoms with Gasteiger partial charge in [-0.1, -0.05) is 29.3 Å². The highest BCUT2D eigenvalue weighted by molar-refractivity contribution is 7.91. The zero-order valence-electron chi connectivity index (χ0n) is 15.5. The van der Waals surface area contributed by atoms with Crippen LogP contribution in [0.1, 0.15) is 17.8 Å². The minimum Gasteiger partial charge on any atom is -0.481 e. The highest BCUT2D eigenvalue weighted by Crippen LogP contribution is 2.25. The van der Waals surface area contributed by atoms with Crippen LogP contribution in [-0.4, -0.2) is 56.5 Å². The Morgan fingerprint density at radius 1 is 1.26 bits per heavy atom. The van der Waals surface area contributed by atoms with Crippen molar-refractivity contribution in [3.8, 4) is 0 Å². The van der Waals surface area contributed by atoms with Crippen LogP contribution >= 0.6 is 34.5 Å². The fourth-order valence-electron chi connectivity index (χ4n) is 2.50. The van der Waals surface area contributed by atoms with E-state index in [0.717, 1.165) is 16.1 Å². The van der Waals surface area contributed by atoms with Crippen LogP contribution in [0.5, 0.6) is 0 Å². The SMILES string of the molecule is O=C(O)CC(NS(=O)(=O)c1nccs1)C(=O)Cn1nnc(Cc2c(Cl)cccc2Cl)n1. The molecule has 0 saturated carbocycles. The van der Waals surface area contributed by atoms with E-state index in [1.807, 2.05) is 0 Å². The Morgan fingerprint density at radius 2 is 1.97 bits per heavy atom. The first-order valence-corrected chi connectivity index (χ1v) is 11.6. The van der Waals surface area contributed by atoms with Gasteiger partial charge in [-0.25, -0.2) is 13.4 Å². The Balaban J connectivity index is 1.73. The third-order valence-electron chi connectivity index (χ3n) is 3.89. The maximum atomic E-state index is 12.6. The van der Waals surface area contributed by atoms with Gasteiger partial charge in [-0.05, 0) is 22.9 Å². The zero-order valence-corrected chi connectivity index (χ0v) is 18.6. The molecular weight excluding hydrogens is 491 g/mol. The van der Waals surface area contributed by atoms with Crippen LogP contribution in [0.15, 0.2) is 34.1 Å². The molecule has 3 rings (SSSR count). The molecule has 31 heavy (non-hydrogen) atoms. The van der Waals surface area contributed by atoms with Gasteiger partial charge in [0.2, 0.25) is 4.34 Å². The molecule has 1 unspecified atom stereocenters. The molecule has 2 heterocycles. The Bertz CT molecular complexity index is 1180. The summed E-state index contributed by atoms with van der Waals surface area (Å²) in [4.78, 5) is 28.3. The highest BCUT2D eigenvalue weighted by Gasteiger charge is 2.29. The molecule has 0 spiro atoms. The van der Waals surface area contributed by atoms with Crippen LogP contribution in [0.4, 0.5) is 0 Å². The van der Waals surface area contributed by atoms with Crippen molar-refractivity contribution in [1.29, 1.82) is 0 Å². The lowest BCUT2D eigenvalue weighted by Crippen LogP contribution is -2.43. The normalized spacial score (nSPS) is 12.6. The number of carboxylic acid groups (broad SMARTS) is 1. The fraction of sp³-hybridized carbons (Fsp3) is 0.250. The van der Waals surface area contributed by atoms with E-state index < -0.39 is 40.8 Å². The molecule has 3 aromatic rings. The standard InChI is InChI=1S/C16H14Cl2N6O5S2/c17-10-2-1-3-11(18)9(10)6-14-20-23-24(21-14)8-13(25)12(7-15(26)27)22-31(28,29)16-19-4-5-30-16/h1-5,12,22H,6-8H2,(H,26,27). The van der Waals surface area contributed by atoms with Crippen molar-refractivity contribution >= 4 is 56.3 Å². The number of nitrogens with one attached hydrogen (secondary N) is 1. The molecule has 0 amide bonds. The van der Waals surface area contributed by atoms with Gasteiger partial charge >= 0.3 is 5.97 Å². The average Bonchev–Trinajstić information content (AvgIpc) is 3.36. The van der Waals surface area contributed by atoms with Gasteiger partial charge in [0.15, 0.2) is 11.6 Å². The van der Waals surface area contributed by atoms with E-state index in [-0.39, 0.29) is 16.6 Å². The van der Waals surface area contributed by atoms with E-state index in [9.17, 15) is 18.0 Å². The van der Waals surface area contributed by atoms with E-state index in [2.05, 4.69) is 25.1 Å². The molecule has 11 nitrogen and oxygen atoms in total. The second-order valence-electron chi connectivity index (χ2n) is 6.15. The monoisotopic (exact) mass is 504 g/mol. The third kappa shape index (κ3) is 6.04. The number of rotatable bonds is 10. The number of nitrogens with zero attached hydrogens (tertiary/aromatic N) is 5. The summed E-state index contributed by atoms with van der Waals surface area (Å²) in [5.74, 6) is -1.90. The number of hydrogen-bond acceptors (Lipinski definition) is 9. The predicted molar refractivity (Wildman–Crippen MR) is 111 cm³/mol. The van der Waals surface area contributed by atoms with E-state index in [4.69, 9.17) is 28.3 Å². The summed E-state index contributed by atoms with van der Waals surface area (Å²) < 4.78 is 26.4. The number of tetrazole rings is 1. The second-order valence-corrected chi connectivity index (χ2v) is 9.75. The van der Waals surface area contributed by atoms with Gasteiger partial charge in [0, 0.05) is 28.0 Å². The lowest BCUT2D eigenvalue weighted by atomic mass is 10.1. The van der Waals surface area contributed by atoms with E-state index in [0.29, 0.717) is 15.6 Å². The molecular formula is C16H14Cl2N6O5S2. The van der Waals surface area contributed by atoms with Crippen LogP contribution in [0.3, 0.4) is 0 Å². The van der Waals surface area contributed by atoms with E-state index in [1.165, 1.54) is 11.6 Å². The van der Waals surface area contributed by atoms with Gasteiger partial charge in [-0.2, -0.15) is 9.52 Å². The molecule has 0 aliphatic rings. The molecule has 15 heteroatoms. The second kappa shape index (κ2) is 9.78. The average molecular weight is 505 g/mol. The number of aromatic nitrogens is 5. The number of aliphatic carboxylic acids is 1. The van der Waals surface area contributed by atoms with Crippen molar-refractivity contribution in [2.45, 2.75) is 29.8 Å². The van der Waals surface area contributed by atoms with Crippen molar-refractivity contribution < 1.29 is 23.1 Å². The Hall–Kier alpha value is -2.45. The van der Waals surface area contributed by atoms with Gasteiger partial charge in [0.05, 0.1) is 12.5 Å². The van der Waals surface area contributed by atoms with Crippen molar-refractivity contribution in [3.63, 3.8) is 0 Å². The first-order valence-electron chi connectivity index (χ1n) is 8.51. The first-order chi connectivity index (χ1) is 14.7. The molecule has 1 aromatic carbocycles. The Kier molecular flexibility index (Phi) is 7.33.